The van der Waals surface area contributed by atoms with E-state index in [4.69, 9.17) is 9.73 Å². The molecule has 3 rings (SSSR count). The number of aliphatic imine (C=N–C) groups is 1. The van der Waals surface area contributed by atoms with Gasteiger partial charge in [0.25, 0.3) is 0 Å². The molecule has 1 atom stereocenters. The maximum atomic E-state index is 12.6. The summed E-state index contributed by atoms with van der Waals surface area (Å²) in [6.07, 6.45) is 3.74. The van der Waals surface area contributed by atoms with Crippen LogP contribution in [0.15, 0.2) is 59.2 Å². The summed E-state index contributed by atoms with van der Waals surface area (Å²) < 4.78 is 5.12. The van der Waals surface area contributed by atoms with Crippen LogP contribution in [-0.2, 0) is 20.7 Å². The van der Waals surface area contributed by atoms with Crippen LogP contribution in [0.2, 0.25) is 0 Å². The van der Waals surface area contributed by atoms with E-state index in [0.29, 0.717) is 17.3 Å². The van der Waals surface area contributed by atoms with Gasteiger partial charge in [0, 0.05) is 11.7 Å². The Morgan fingerprint density at radius 3 is 2.62 bits per heavy atom. The number of rotatable bonds is 9. The molecule has 1 unspecified atom stereocenters. The van der Waals surface area contributed by atoms with Gasteiger partial charge in [0.1, 0.15) is 0 Å². The lowest BCUT2D eigenvalue weighted by atomic mass is 10.1. The molecule has 0 radical (unpaired) electrons. The number of carbonyl (C=O) groups is 2. The number of benzene rings is 2. The quantitative estimate of drug-likeness (QED) is 0.467. The van der Waals surface area contributed by atoms with Gasteiger partial charge < -0.3 is 15.4 Å². The molecular formula is C27H33N3O3S. The van der Waals surface area contributed by atoms with Crippen LogP contribution in [-0.4, -0.2) is 35.3 Å². The zero-order chi connectivity index (χ0) is 24.5. The molecule has 0 aromatic heterocycles. The topological polar surface area (TPSA) is 79.8 Å². The molecule has 2 aromatic carbocycles. The Bertz CT molecular complexity index is 1080. The van der Waals surface area contributed by atoms with Crippen LogP contribution < -0.4 is 10.6 Å². The first-order valence-electron chi connectivity index (χ1n) is 11.6. The van der Waals surface area contributed by atoms with Crippen molar-refractivity contribution in [3.05, 3.63) is 70.9 Å². The maximum absolute atomic E-state index is 12.6. The first kappa shape index (κ1) is 25.6. The zero-order valence-electron chi connectivity index (χ0n) is 20.3. The molecule has 34 heavy (non-hydrogen) atoms. The van der Waals surface area contributed by atoms with Crippen molar-refractivity contribution in [1.82, 2.24) is 5.32 Å². The molecule has 0 fully saturated rings. The third kappa shape index (κ3) is 7.76. The predicted octanol–water partition coefficient (Wildman–Crippen LogP) is 5.47. The number of nitrogens with zero attached hydrogens (tertiary/aromatic N) is 1. The minimum absolute atomic E-state index is 0.0360. The highest BCUT2D eigenvalue weighted by Gasteiger charge is 2.17. The van der Waals surface area contributed by atoms with Crippen LogP contribution in [0.3, 0.4) is 0 Å². The predicted molar refractivity (Wildman–Crippen MR) is 141 cm³/mol. The second-order valence-electron chi connectivity index (χ2n) is 8.46. The summed E-state index contributed by atoms with van der Waals surface area (Å²) in [5.41, 5.74) is 5.86. The summed E-state index contributed by atoms with van der Waals surface area (Å²) in [5.74, 6) is -0.0910. The van der Waals surface area contributed by atoms with Gasteiger partial charge in [0.05, 0.1) is 35.2 Å². The number of anilines is 1. The fourth-order valence-electron chi connectivity index (χ4n) is 3.60. The number of thioether (sulfide) groups is 1. The lowest BCUT2D eigenvalue weighted by Crippen LogP contribution is -2.34. The van der Waals surface area contributed by atoms with Crippen molar-refractivity contribution in [3.63, 3.8) is 0 Å². The van der Waals surface area contributed by atoms with Crippen molar-refractivity contribution >= 4 is 40.1 Å². The maximum Gasteiger partial charge on any atom is 0.311 e. The highest BCUT2D eigenvalue weighted by Crippen LogP contribution is 2.33. The molecule has 2 N–H and O–H groups in total. The smallest absolute Gasteiger partial charge is 0.311 e. The summed E-state index contributed by atoms with van der Waals surface area (Å²) in [6, 6.07) is 14.4. The Hall–Kier alpha value is -3.06. The van der Waals surface area contributed by atoms with Crippen molar-refractivity contribution < 1.29 is 14.3 Å². The molecule has 0 spiro atoms. The van der Waals surface area contributed by atoms with Crippen molar-refractivity contribution in [2.75, 3.05) is 17.7 Å². The fraction of sp³-hybridized carbons (Fsp3) is 0.370. The number of carbonyl (C=O) groups excluding carboxylic acids is 2. The average molecular weight is 480 g/mol. The van der Waals surface area contributed by atoms with Gasteiger partial charge in [-0.2, -0.15) is 0 Å². The summed E-state index contributed by atoms with van der Waals surface area (Å²) in [5, 5.41) is 7.09. The number of hydrogen-bond acceptors (Lipinski definition) is 6. The third-order valence-electron chi connectivity index (χ3n) is 5.54. The van der Waals surface area contributed by atoms with E-state index in [1.807, 2.05) is 57.2 Å². The van der Waals surface area contributed by atoms with E-state index in [9.17, 15) is 9.59 Å². The molecule has 0 bridgehead atoms. The highest BCUT2D eigenvalue weighted by molar-refractivity contribution is 8.14. The fourth-order valence-corrected chi connectivity index (χ4v) is 4.35. The Labute approximate surface area is 206 Å². The van der Waals surface area contributed by atoms with Crippen molar-refractivity contribution in [1.29, 1.82) is 0 Å². The molecular weight excluding hydrogens is 446 g/mol. The Morgan fingerprint density at radius 1 is 1.15 bits per heavy atom. The molecule has 1 aliphatic rings. The Kier molecular flexibility index (Phi) is 9.33. The standard InChI is InChI=1S/C27H33N3O3S/c1-5-33-27(32)16-22-15-26(30-24-14-19(3)18(2)13-23(24)29-22)34-17-25(31)28-20(4)11-12-21-9-7-6-8-10-21/h6-10,13-15,20,29H,5,11-12,16-17H2,1-4H3,(H,28,31). The first-order valence-corrected chi connectivity index (χ1v) is 12.6. The van der Waals surface area contributed by atoms with Gasteiger partial charge in [-0.05, 0) is 75.4 Å². The van der Waals surface area contributed by atoms with E-state index in [0.717, 1.165) is 35.3 Å². The minimum atomic E-state index is -0.303. The molecule has 2 aromatic rings. The zero-order valence-corrected chi connectivity index (χ0v) is 21.1. The van der Waals surface area contributed by atoms with Crippen LogP contribution in [0.4, 0.5) is 11.4 Å². The van der Waals surface area contributed by atoms with Crippen LogP contribution >= 0.6 is 11.8 Å². The molecule has 180 valence electrons. The number of esters is 1. The number of fused-ring (bicyclic) bond motifs is 1. The monoisotopic (exact) mass is 479 g/mol. The van der Waals surface area contributed by atoms with Crippen LogP contribution in [0.1, 0.15) is 43.4 Å². The van der Waals surface area contributed by atoms with Gasteiger partial charge in [0.2, 0.25) is 5.91 Å². The second-order valence-corrected chi connectivity index (χ2v) is 9.46. The van der Waals surface area contributed by atoms with Gasteiger partial charge in [0.15, 0.2) is 0 Å². The summed E-state index contributed by atoms with van der Waals surface area (Å²) in [6.45, 7) is 8.23. The van der Waals surface area contributed by atoms with Crippen molar-refractivity contribution in [2.24, 2.45) is 4.99 Å². The molecule has 1 amide bonds. The van der Waals surface area contributed by atoms with E-state index in [2.05, 4.69) is 22.8 Å². The van der Waals surface area contributed by atoms with Crippen LogP contribution in [0.25, 0.3) is 0 Å². The van der Waals surface area contributed by atoms with Crippen LogP contribution in [0, 0.1) is 13.8 Å². The molecule has 1 aliphatic heterocycles. The van der Waals surface area contributed by atoms with Gasteiger partial charge in [-0.15, -0.1) is 0 Å². The number of nitrogens with one attached hydrogen (secondary N) is 2. The van der Waals surface area contributed by atoms with E-state index in [-0.39, 0.29) is 30.1 Å². The SMILES string of the molecule is CCOC(=O)CC1=CC(SCC(=O)NC(C)CCc2ccccc2)=Nc2cc(C)c(C)cc2N1. The Morgan fingerprint density at radius 2 is 1.88 bits per heavy atom. The summed E-state index contributed by atoms with van der Waals surface area (Å²) in [7, 11) is 0. The van der Waals surface area contributed by atoms with Crippen molar-refractivity contribution in [3.8, 4) is 0 Å². The van der Waals surface area contributed by atoms with E-state index >= 15 is 0 Å². The number of aryl methyl sites for hydroxylation is 3. The summed E-state index contributed by atoms with van der Waals surface area (Å²) >= 11 is 1.36. The minimum Gasteiger partial charge on any atom is -0.466 e. The number of amides is 1. The van der Waals surface area contributed by atoms with E-state index in [1.54, 1.807) is 6.92 Å². The Balaban J connectivity index is 1.64. The van der Waals surface area contributed by atoms with Crippen molar-refractivity contribution in [2.45, 2.75) is 53.0 Å². The average Bonchev–Trinajstić information content (AvgIpc) is 2.96. The van der Waals surface area contributed by atoms with E-state index in [1.165, 1.54) is 17.3 Å². The van der Waals surface area contributed by atoms with Gasteiger partial charge in [-0.3, -0.25) is 9.59 Å². The number of ether oxygens (including phenoxy) is 1. The third-order valence-corrected chi connectivity index (χ3v) is 6.45. The molecule has 0 aliphatic carbocycles. The highest BCUT2D eigenvalue weighted by atomic mass is 32.2. The largest absolute Gasteiger partial charge is 0.466 e. The second kappa shape index (κ2) is 12.4. The van der Waals surface area contributed by atoms with Gasteiger partial charge in [-0.1, -0.05) is 42.1 Å². The van der Waals surface area contributed by atoms with Crippen LogP contribution in [0.5, 0.6) is 0 Å². The number of hydrogen-bond donors (Lipinski definition) is 2. The first-order chi connectivity index (χ1) is 16.3. The lowest BCUT2D eigenvalue weighted by Gasteiger charge is -2.14. The lowest BCUT2D eigenvalue weighted by molar-refractivity contribution is -0.142. The molecule has 0 saturated heterocycles. The molecule has 1 heterocycles. The normalized spacial score (nSPS) is 13.5. The van der Waals surface area contributed by atoms with Gasteiger partial charge >= 0.3 is 5.97 Å². The molecule has 7 heteroatoms. The summed E-state index contributed by atoms with van der Waals surface area (Å²) in [4.78, 5) is 29.5. The van der Waals surface area contributed by atoms with E-state index < -0.39 is 0 Å². The molecule has 6 nitrogen and oxygen atoms in total. The van der Waals surface area contributed by atoms with Gasteiger partial charge in [-0.25, -0.2) is 4.99 Å². The molecule has 0 saturated carbocycles.